The monoisotopic (exact) mass is 325 g/mol. The van der Waals surface area contributed by atoms with Gasteiger partial charge < -0.3 is 14.4 Å². The standard InChI is InChI=1S/C18H19N3O3/c1-21(2)14-9-7-13(8-10-14)11-19-20-18(22)17-12-23-15-5-3-4-6-16(15)24-17/h3-11,17H,12H2,1-2H3,(H,20,22)/b19-11+/t17-/m1/s1. The van der Waals surface area contributed by atoms with Crippen LogP contribution in [0, 0.1) is 0 Å². The quantitative estimate of drug-likeness (QED) is 0.690. The maximum absolute atomic E-state index is 12.1. The summed E-state index contributed by atoms with van der Waals surface area (Å²) in [5.74, 6) is 0.865. The number of amides is 1. The molecule has 1 atom stereocenters. The van der Waals surface area contributed by atoms with Crippen LogP contribution in [0.2, 0.25) is 0 Å². The zero-order chi connectivity index (χ0) is 16.9. The minimum atomic E-state index is -0.715. The van der Waals surface area contributed by atoms with Gasteiger partial charge in [0, 0.05) is 19.8 Å². The van der Waals surface area contributed by atoms with E-state index in [1.807, 2.05) is 55.4 Å². The second kappa shape index (κ2) is 7.04. The lowest BCUT2D eigenvalue weighted by atomic mass is 10.2. The lowest BCUT2D eigenvalue weighted by molar-refractivity contribution is -0.130. The van der Waals surface area contributed by atoms with E-state index in [9.17, 15) is 4.79 Å². The Kier molecular flexibility index (Phi) is 4.65. The summed E-state index contributed by atoms with van der Waals surface area (Å²) >= 11 is 0. The van der Waals surface area contributed by atoms with E-state index in [1.54, 1.807) is 18.3 Å². The second-order valence-corrected chi connectivity index (χ2v) is 5.58. The summed E-state index contributed by atoms with van der Waals surface area (Å²) in [6, 6.07) is 15.1. The van der Waals surface area contributed by atoms with Gasteiger partial charge in [0.1, 0.15) is 6.61 Å². The first-order valence-electron chi connectivity index (χ1n) is 7.62. The first-order valence-corrected chi connectivity index (χ1v) is 7.62. The summed E-state index contributed by atoms with van der Waals surface area (Å²) in [5.41, 5.74) is 4.48. The summed E-state index contributed by atoms with van der Waals surface area (Å²) in [4.78, 5) is 14.1. The van der Waals surface area contributed by atoms with Gasteiger partial charge in [-0.25, -0.2) is 5.43 Å². The molecule has 0 spiro atoms. The molecule has 6 heteroatoms. The van der Waals surface area contributed by atoms with Crippen molar-refractivity contribution in [3.05, 3.63) is 54.1 Å². The molecular weight excluding hydrogens is 306 g/mol. The molecule has 2 aromatic rings. The number of para-hydroxylation sites is 2. The lowest BCUT2D eigenvalue weighted by Crippen LogP contribution is -2.42. The molecule has 1 amide bonds. The van der Waals surface area contributed by atoms with Gasteiger partial charge in [-0.1, -0.05) is 24.3 Å². The molecule has 0 aromatic heterocycles. The van der Waals surface area contributed by atoms with Crippen LogP contribution < -0.4 is 19.8 Å². The summed E-state index contributed by atoms with van der Waals surface area (Å²) < 4.78 is 11.1. The van der Waals surface area contributed by atoms with Gasteiger partial charge in [0.25, 0.3) is 5.91 Å². The third-order valence-electron chi connectivity index (χ3n) is 3.60. The molecule has 0 radical (unpaired) electrons. The van der Waals surface area contributed by atoms with Gasteiger partial charge in [0.15, 0.2) is 11.5 Å². The maximum Gasteiger partial charge on any atom is 0.284 e. The molecular formula is C18H19N3O3. The third kappa shape index (κ3) is 3.65. The fraction of sp³-hybridized carbons (Fsp3) is 0.222. The van der Waals surface area contributed by atoms with E-state index in [4.69, 9.17) is 9.47 Å². The highest BCUT2D eigenvalue weighted by Gasteiger charge is 2.26. The van der Waals surface area contributed by atoms with Gasteiger partial charge >= 0.3 is 0 Å². The van der Waals surface area contributed by atoms with E-state index < -0.39 is 6.10 Å². The average molecular weight is 325 g/mol. The highest BCUT2D eigenvalue weighted by atomic mass is 16.6. The van der Waals surface area contributed by atoms with Crippen LogP contribution in [0.25, 0.3) is 0 Å². The number of anilines is 1. The second-order valence-electron chi connectivity index (χ2n) is 5.58. The number of hydrogen-bond acceptors (Lipinski definition) is 5. The number of carbonyl (C=O) groups excluding carboxylic acids is 1. The van der Waals surface area contributed by atoms with Crippen LogP contribution in [-0.4, -0.2) is 38.9 Å². The molecule has 1 aliphatic rings. The number of hydrazone groups is 1. The number of benzene rings is 2. The topological polar surface area (TPSA) is 63.2 Å². The van der Waals surface area contributed by atoms with Crippen molar-refractivity contribution in [3.8, 4) is 11.5 Å². The number of hydrogen-bond donors (Lipinski definition) is 1. The SMILES string of the molecule is CN(C)c1ccc(/C=N/NC(=O)[C@H]2COc3ccccc3O2)cc1. The summed E-state index contributed by atoms with van der Waals surface area (Å²) in [6.07, 6.45) is 0.878. The van der Waals surface area contributed by atoms with Crippen molar-refractivity contribution in [2.24, 2.45) is 5.10 Å². The fourth-order valence-electron chi connectivity index (χ4n) is 2.25. The lowest BCUT2D eigenvalue weighted by Gasteiger charge is -2.24. The van der Waals surface area contributed by atoms with Gasteiger partial charge in [-0.2, -0.15) is 5.10 Å². The smallest absolute Gasteiger partial charge is 0.284 e. The van der Waals surface area contributed by atoms with Crippen LogP contribution in [0.1, 0.15) is 5.56 Å². The summed E-state index contributed by atoms with van der Waals surface area (Å²) in [6.45, 7) is 0.163. The van der Waals surface area contributed by atoms with E-state index >= 15 is 0 Å². The third-order valence-corrected chi connectivity index (χ3v) is 3.60. The molecule has 1 aliphatic heterocycles. The van der Waals surface area contributed by atoms with Gasteiger partial charge in [0.05, 0.1) is 6.21 Å². The van der Waals surface area contributed by atoms with E-state index in [2.05, 4.69) is 10.5 Å². The summed E-state index contributed by atoms with van der Waals surface area (Å²) in [7, 11) is 3.96. The van der Waals surface area contributed by atoms with E-state index in [0.717, 1.165) is 11.3 Å². The number of carbonyl (C=O) groups is 1. The Labute approximate surface area is 140 Å². The van der Waals surface area contributed by atoms with Crippen molar-refractivity contribution in [2.75, 3.05) is 25.6 Å². The molecule has 24 heavy (non-hydrogen) atoms. The first-order chi connectivity index (χ1) is 11.6. The fourth-order valence-corrected chi connectivity index (χ4v) is 2.25. The van der Waals surface area contributed by atoms with Gasteiger partial charge in [-0.15, -0.1) is 0 Å². The number of nitrogens with one attached hydrogen (secondary N) is 1. The molecule has 3 rings (SSSR count). The normalized spacial score (nSPS) is 16.0. The van der Waals surface area contributed by atoms with Crippen molar-refractivity contribution in [1.29, 1.82) is 0 Å². The molecule has 0 aliphatic carbocycles. The number of ether oxygens (including phenoxy) is 2. The molecule has 1 N–H and O–H groups in total. The number of rotatable bonds is 4. The van der Waals surface area contributed by atoms with Gasteiger partial charge in [0.2, 0.25) is 6.10 Å². The molecule has 0 saturated heterocycles. The maximum atomic E-state index is 12.1. The van der Waals surface area contributed by atoms with Gasteiger partial charge in [-0.05, 0) is 29.8 Å². The highest BCUT2D eigenvalue weighted by molar-refractivity contribution is 5.85. The van der Waals surface area contributed by atoms with E-state index in [-0.39, 0.29) is 12.5 Å². The first kappa shape index (κ1) is 15.9. The molecule has 124 valence electrons. The highest BCUT2D eigenvalue weighted by Crippen LogP contribution is 2.30. The van der Waals surface area contributed by atoms with Crippen molar-refractivity contribution < 1.29 is 14.3 Å². The number of nitrogens with zero attached hydrogens (tertiary/aromatic N) is 2. The molecule has 0 saturated carbocycles. The Morgan fingerprint density at radius 3 is 2.58 bits per heavy atom. The van der Waals surface area contributed by atoms with Crippen molar-refractivity contribution >= 4 is 17.8 Å². The van der Waals surface area contributed by atoms with Crippen LogP contribution in [0.3, 0.4) is 0 Å². The van der Waals surface area contributed by atoms with Crippen LogP contribution in [-0.2, 0) is 4.79 Å². The number of fused-ring (bicyclic) bond motifs is 1. The molecule has 2 aromatic carbocycles. The molecule has 0 bridgehead atoms. The van der Waals surface area contributed by atoms with Crippen LogP contribution in [0.15, 0.2) is 53.6 Å². The molecule has 0 unspecified atom stereocenters. The van der Waals surface area contributed by atoms with Gasteiger partial charge in [-0.3, -0.25) is 4.79 Å². The van der Waals surface area contributed by atoms with E-state index in [1.165, 1.54) is 0 Å². The van der Waals surface area contributed by atoms with E-state index in [0.29, 0.717) is 11.5 Å². The largest absolute Gasteiger partial charge is 0.485 e. The molecule has 0 fully saturated rings. The zero-order valence-corrected chi connectivity index (χ0v) is 13.6. The summed E-state index contributed by atoms with van der Waals surface area (Å²) in [5, 5.41) is 3.97. The van der Waals surface area contributed by atoms with Crippen molar-refractivity contribution in [2.45, 2.75) is 6.10 Å². The Morgan fingerprint density at radius 2 is 1.88 bits per heavy atom. The minimum absolute atomic E-state index is 0.163. The zero-order valence-electron chi connectivity index (χ0n) is 13.6. The Bertz CT molecular complexity index is 741. The Morgan fingerprint density at radius 1 is 1.17 bits per heavy atom. The Balaban J connectivity index is 1.56. The van der Waals surface area contributed by atoms with Crippen molar-refractivity contribution in [3.63, 3.8) is 0 Å². The van der Waals surface area contributed by atoms with Crippen molar-refractivity contribution in [1.82, 2.24) is 5.43 Å². The average Bonchev–Trinajstić information content (AvgIpc) is 2.61. The Hall–Kier alpha value is -3.02. The predicted octanol–water partition coefficient (Wildman–Crippen LogP) is 2.04. The predicted molar refractivity (Wildman–Crippen MR) is 92.9 cm³/mol. The minimum Gasteiger partial charge on any atom is -0.485 e. The van der Waals surface area contributed by atoms with Crippen LogP contribution in [0.4, 0.5) is 5.69 Å². The van der Waals surface area contributed by atoms with Crippen LogP contribution >= 0.6 is 0 Å². The molecule has 1 heterocycles. The molecule has 6 nitrogen and oxygen atoms in total. The van der Waals surface area contributed by atoms with Crippen LogP contribution in [0.5, 0.6) is 11.5 Å².